The number of amides is 1. The molecule has 0 radical (unpaired) electrons. The van der Waals surface area contributed by atoms with Gasteiger partial charge in [-0.15, -0.1) is 13.2 Å². The van der Waals surface area contributed by atoms with Gasteiger partial charge < -0.3 is 16.2 Å². The van der Waals surface area contributed by atoms with E-state index in [1.165, 1.54) is 6.07 Å². The topological polar surface area (TPSA) is 90.7 Å². The molecule has 0 unspecified atom stereocenters. The monoisotopic (exact) mass is 353 g/mol. The maximum atomic E-state index is 12.3. The van der Waals surface area contributed by atoms with E-state index in [9.17, 15) is 18.0 Å². The fourth-order valence-electron chi connectivity index (χ4n) is 1.47. The smallest absolute Gasteiger partial charge is 0.405 e. The Balaban J connectivity index is 3.32. The van der Waals surface area contributed by atoms with Gasteiger partial charge >= 0.3 is 6.36 Å². The number of carbonyl (C=O) groups is 1. The minimum atomic E-state index is -4.87. The Kier molecular flexibility index (Phi) is 4.98. The maximum Gasteiger partial charge on any atom is 0.573 e. The molecular formula is C11H11BrF3N3O2. The number of carbonyl (C=O) groups excluding carboxylic acids is 1. The number of aliphatic imine (C=N–C) groups is 1. The van der Waals surface area contributed by atoms with Gasteiger partial charge in [-0.25, -0.2) is 0 Å². The number of alkyl halides is 3. The Hall–Kier alpha value is -1.77. The first-order valence-electron chi connectivity index (χ1n) is 5.36. The van der Waals surface area contributed by atoms with Gasteiger partial charge in [-0.2, -0.15) is 4.99 Å². The molecule has 0 heterocycles. The van der Waals surface area contributed by atoms with E-state index >= 15 is 0 Å². The van der Waals surface area contributed by atoms with Gasteiger partial charge in [-0.05, 0) is 40.0 Å². The van der Waals surface area contributed by atoms with E-state index in [1.54, 1.807) is 6.92 Å². The van der Waals surface area contributed by atoms with E-state index < -0.39 is 24.0 Å². The van der Waals surface area contributed by atoms with Crippen molar-refractivity contribution in [2.24, 2.45) is 16.5 Å². The van der Waals surface area contributed by atoms with Crippen LogP contribution in [0.3, 0.4) is 0 Å². The zero-order valence-corrected chi connectivity index (χ0v) is 11.9. The second-order valence-electron chi connectivity index (χ2n) is 3.68. The molecule has 110 valence electrons. The molecule has 4 N–H and O–H groups in total. The zero-order chi connectivity index (χ0) is 15.5. The molecule has 0 saturated heterocycles. The zero-order valence-electron chi connectivity index (χ0n) is 10.3. The molecule has 0 aliphatic heterocycles. The Bertz CT molecular complexity index is 555. The number of aryl methyl sites for hydroxylation is 1. The molecule has 0 atom stereocenters. The van der Waals surface area contributed by atoms with Crippen molar-refractivity contribution in [3.8, 4) is 5.75 Å². The third-order valence-corrected chi connectivity index (χ3v) is 2.85. The van der Waals surface area contributed by atoms with Crippen LogP contribution in [0.2, 0.25) is 0 Å². The van der Waals surface area contributed by atoms with Gasteiger partial charge in [0.2, 0.25) is 0 Å². The molecule has 1 aromatic carbocycles. The predicted octanol–water partition coefficient (Wildman–Crippen LogP) is 2.32. The number of rotatable bonds is 3. The van der Waals surface area contributed by atoms with Crippen LogP contribution >= 0.6 is 15.9 Å². The molecule has 9 heteroatoms. The van der Waals surface area contributed by atoms with Crippen molar-refractivity contribution in [1.82, 2.24) is 0 Å². The molecule has 0 aliphatic carbocycles. The number of benzene rings is 1. The maximum absolute atomic E-state index is 12.3. The summed E-state index contributed by atoms with van der Waals surface area (Å²) >= 11 is 2.95. The van der Waals surface area contributed by atoms with Crippen LogP contribution in [0.4, 0.5) is 13.2 Å². The van der Waals surface area contributed by atoms with E-state index in [0.29, 0.717) is 12.0 Å². The van der Waals surface area contributed by atoms with Crippen LogP contribution in [-0.2, 0) is 6.42 Å². The van der Waals surface area contributed by atoms with Crippen LogP contribution < -0.4 is 16.2 Å². The fraction of sp³-hybridized carbons (Fsp3) is 0.273. The average molecular weight is 354 g/mol. The van der Waals surface area contributed by atoms with Gasteiger partial charge in [-0.1, -0.05) is 6.92 Å². The lowest BCUT2D eigenvalue weighted by Gasteiger charge is -2.13. The highest BCUT2D eigenvalue weighted by Gasteiger charge is 2.32. The number of guanidine groups is 1. The summed E-state index contributed by atoms with van der Waals surface area (Å²) in [6.07, 6.45) is -4.46. The first kappa shape index (κ1) is 16.3. The third-order valence-electron chi connectivity index (χ3n) is 2.23. The van der Waals surface area contributed by atoms with Crippen LogP contribution in [-0.4, -0.2) is 18.2 Å². The normalized spacial score (nSPS) is 11.1. The van der Waals surface area contributed by atoms with E-state index in [0.717, 1.165) is 6.07 Å². The molecule has 5 nitrogen and oxygen atoms in total. The van der Waals surface area contributed by atoms with Crippen LogP contribution in [0.5, 0.6) is 5.75 Å². The number of ether oxygens (including phenoxy) is 1. The van der Waals surface area contributed by atoms with Crippen molar-refractivity contribution in [2.45, 2.75) is 19.7 Å². The number of halogens is 4. The fourth-order valence-corrected chi connectivity index (χ4v) is 1.94. The minimum absolute atomic E-state index is 0.0525. The van der Waals surface area contributed by atoms with E-state index in [4.69, 9.17) is 11.5 Å². The van der Waals surface area contributed by atoms with E-state index in [-0.39, 0.29) is 10.0 Å². The van der Waals surface area contributed by atoms with Crippen LogP contribution in [0.15, 0.2) is 21.6 Å². The molecule has 1 rings (SSSR count). The Morgan fingerprint density at radius 3 is 2.45 bits per heavy atom. The van der Waals surface area contributed by atoms with Crippen LogP contribution in [0.1, 0.15) is 22.8 Å². The van der Waals surface area contributed by atoms with Crippen LogP contribution in [0.25, 0.3) is 0 Å². The van der Waals surface area contributed by atoms with Crippen molar-refractivity contribution in [3.05, 3.63) is 27.7 Å². The molecule has 0 fully saturated rings. The van der Waals surface area contributed by atoms with Gasteiger partial charge in [0.15, 0.2) is 5.96 Å². The summed E-state index contributed by atoms with van der Waals surface area (Å²) < 4.78 is 40.6. The van der Waals surface area contributed by atoms with Crippen molar-refractivity contribution >= 4 is 27.8 Å². The second-order valence-corrected chi connectivity index (χ2v) is 4.54. The summed E-state index contributed by atoms with van der Waals surface area (Å²) in [6.45, 7) is 1.73. The van der Waals surface area contributed by atoms with Gasteiger partial charge in [0.05, 0.1) is 4.47 Å². The molecule has 0 aromatic heterocycles. The summed E-state index contributed by atoms with van der Waals surface area (Å²) in [5.74, 6) is -1.84. The van der Waals surface area contributed by atoms with Crippen molar-refractivity contribution in [2.75, 3.05) is 0 Å². The Labute approximate surface area is 120 Å². The number of nitrogens with zero attached hydrogens (tertiary/aromatic N) is 1. The number of nitrogens with two attached hydrogens (primary N) is 2. The Morgan fingerprint density at radius 2 is 2.00 bits per heavy atom. The average Bonchev–Trinajstić information content (AvgIpc) is 2.28. The largest absolute Gasteiger partial charge is 0.573 e. The summed E-state index contributed by atoms with van der Waals surface area (Å²) in [5, 5.41) is 0. The van der Waals surface area contributed by atoms with Crippen LogP contribution in [0, 0.1) is 0 Å². The summed E-state index contributed by atoms with van der Waals surface area (Å²) in [5.41, 5.74) is 10.6. The van der Waals surface area contributed by atoms with Crippen molar-refractivity contribution < 1.29 is 22.7 Å². The lowest BCUT2D eigenvalue weighted by atomic mass is 10.0. The van der Waals surface area contributed by atoms with E-state index in [1.807, 2.05) is 0 Å². The first-order chi connectivity index (χ1) is 9.14. The quantitative estimate of drug-likeness (QED) is 0.644. The molecule has 0 bridgehead atoms. The second kappa shape index (κ2) is 6.12. The predicted molar refractivity (Wildman–Crippen MR) is 70.3 cm³/mol. The van der Waals surface area contributed by atoms with Gasteiger partial charge in [0.1, 0.15) is 5.75 Å². The standard InChI is InChI=1S/C11H11BrF3N3O2/c1-2-5-3-7(12)8(20-11(13,14)15)4-6(5)9(19)18-10(16)17/h3-4H,2H2,1H3,(H4,16,17,18,19). The van der Waals surface area contributed by atoms with Crippen molar-refractivity contribution in [3.63, 3.8) is 0 Å². The lowest BCUT2D eigenvalue weighted by Crippen LogP contribution is -2.24. The third kappa shape index (κ3) is 4.41. The molecule has 0 spiro atoms. The first-order valence-corrected chi connectivity index (χ1v) is 6.15. The highest BCUT2D eigenvalue weighted by Crippen LogP contribution is 2.33. The number of hydrogen-bond donors (Lipinski definition) is 2. The molecule has 1 aromatic rings. The lowest BCUT2D eigenvalue weighted by molar-refractivity contribution is -0.274. The van der Waals surface area contributed by atoms with Gasteiger partial charge in [-0.3, -0.25) is 4.79 Å². The Morgan fingerprint density at radius 1 is 1.40 bits per heavy atom. The minimum Gasteiger partial charge on any atom is -0.405 e. The highest BCUT2D eigenvalue weighted by atomic mass is 79.9. The van der Waals surface area contributed by atoms with E-state index in [2.05, 4.69) is 25.7 Å². The highest BCUT2D eigenvalue weighted by molar-refractivity contribution is 9.10. The molecule has 0 saturated carbocycles. The van der Waals surface area contributed by atoms with Gasteiger partial charge in [0, 0.05) is 5.56 Å². The molecule has 20 heavy (non-hydrogen) atoms. The van der Waals surface area contributed by atoms with Gasteiger partial charge in [0.25, 0.3) is 5.91 Å². The summed E-state index contributed by atoms with van der Waals surface area (Å²) in [4.78, 5) is 15.1. The van der Waals surface area contributed by atoms with Crippen molar-refractivity contribution in [1.29, 1.82) is 0 Å². The molecule has 1 amide bonds. The molecule has 0 aliphatic rings. The summed E-state index contributed by atoms with van der Waals surface area (Å²) in [7, 11) is 0. The number of hydrogen-bond acceptors (Lipinski definition) is 2. The summed E-state index contributed by atoms with van der Waals surface area (Å²) in [6, 6.07) is 2.31. The molecular weight excluding hydrogens is 343 g/mol. The SMILES string of the molecule is CCc1cc(Br)c(OC(F)(F)F)cc1C(=O)N=C(N)N.